The highest BCUT2D eigenvalue weighted by Gasteiger charge is 2.27. The van der Waals surface area contributed by atoms with E-state index in [0.29, 0.717) is 12.3 Å². The second-order valence-electron chi connectivity index (χ2n) is 5.47. The van der Waals surface area contributed by atoms with Crippen LogP contribution in [-0.4, -0.2) is 33.3 Å². The Morgan fingerprint density at radius 2 is 1.75 bits per heavy atom. The van der Waals surface area contributed by atoms with E-state index in [1.807, 2.05) is 48.5 Å². The van der Waals surface area contributed by atoms with E-state index in [9.17, 15) is 4.79 Å². The van der Waals surface area contributed by atoms with Gasteiger partial charge < -0.3 is 0 Å². The molecule has 5 heteroatoms. The van der Waals surface area contributed by atoms with Crippen LogP contribution >= 0.6 is 11.8 Å². The maximum atomic E-state index is 12.1. The molecule has 0 saturated carbocycles. The fourth-order valence-electron chi connectivity index (χ4n) is 2.82. The van der Waals surface area contributed by atoms with Gasteiger partial charge >= 0.3 is 0 Å². The summed E-state index contributed by atoms with van der Waals surface area (Å²) in [6.07, 6.45) is 1.72. The molecule has 0 N–H and O–H groups in total. The number of para-hydroxylation sites is 2. The minimum absolute atomic E-state index is 0.0707. The van der Waals surface area contributed by atoms with Gasteiger partial charge in [0.05, 0.1) is 22.5 Å². The van der Waals surface area contributed by atoms with Crippen LogP contribution in [0.1, 0.15) is 0 Å². The number of hydrogen-bond donors (Lipinski definition) is 0. The first-order valence-electron chi connectivity index (χ1n) is 7.68. The molecule has 1 fully saturated rings. The fraction of sp³-hybridized carbons (Fsp3) is 0.105. The summed E-state index contributed by atoms with van der Waals surface area (Å²) in [5, 5.41) is 2.70. The Kier molecular flexibility index (Phi) is 3.78. The van der Waals surface area contributed by atoms with Gasteiger partial charge in [-0.1, -0.05) is 54.2 Å². The van der Waals surface area contributed by atoms with Gasteiger partial charge in [0.15, 0.2) is 5.17 Å². The summed E-state index contributed by atoms with van der Waals surface area (Å²) in [5.41, 5.74) is 2.67. The van der Waals surface area contributed by atoms with Crippen molar-refractivity contribution in [3.05, 3.63) is 61.2 Å². The first-order valence-corrected chi connectivity index (χ1v) is 8.67. The highest BCUT2D eigenvalue weighted by molar-refractivity contribution is 8.15. The van der Waals surface area contributed by atoms with E-state index in [1.165, 1.54) is 11.8 Å². The lowest BCUT2D eigenvalue weighted by atomic mass is 10.1. The van der Waals surface area contributed by atoms with Gasteiger partial charge in [0, 0.05) is 17.3 Å². The van der Waals surface area contributed by atoms with Crippen LogP contribution in [0.4, 0.5) is 5.69 Å². The van der Waals surface area contributed by atoms with Crippen molar-refractivity contribution in [2.24, 2.45) is 4.99 Å². The molecule has 0 atom stereocenters. The topological polar surface area (TPSA) is 45.6 Å². The zero-order valence-electron chi connectivity index (χ0n) is 13.0. The highest BCUT2D eigenvalue weighted by atomic mass is 32.2. The van der Waals surface area contributed by atoms with Crippen molar-refractivity contribution in [1.29, 1.82) is 0 Å². The van der Waals surface area contributed by atoms with Crippen LogP contribution in [0.2, 0.25) is 0 Å². The number of thioether (sulfide) groups is 1. The maximum absolute atomic E-state index is 12.1. The smallest absolute Gasteiger partial charge is 0.239 e. The number of amidine groups is 1. The SMILES string of the molecule is C=CCN1C(=O)CSC1=Nc1c2ccccc2nc2ccccc12. The third-order valence-corrected chi connectivity index (χ3v) is 4.90. The number of carbonyl (C=O) groups excluding carboxylic acids is 1. The molecule has 24 heavy (non-hydrogen) atoms. The van der Waals surface area contributed by atoms with E-state index in [-0.39, 0.29) is 5.91 Å². The van der Waals surface area contributed by atoms with Crippen LogP contribution in [0.3, 0.4) is 0 Å². The highest BCUT2D eigenvalue weighted by Crippen LogP contribution is 2.35. The molecule has 4 nitrogen and oxygen atoms in total. The minimum atomic E-state index is 0.0707. The number of benzene rings is 2. The summed E-state index contributed by atoms with van der Waals surface area (Å²) in [4.78, 5) is 23.3. The summed E-state index contributed by atoms with van der Waals surface area (Å²) < 4.78 is 0. The van der Waals surface area contributed by atoms with Gasteiger partial charge in [-0.25, -0.2) is 9.98 Å². The van der Waals surface area contributed by atoms with Crippen LogP contribution in [0.5, 0.6) is 0 Å². The van der Waals surface area contributed by atoms with Gasteiger partial charge in [-0.2, -0.15) is 0 Å². The first kappa shape index (κ1) is 14.9. The van der Waals surface area contributed by atoms with E-state index in [4.69, 9.17) is 9.98 Å². The first-order chi connectivity index (χ1) is 11.8. The van der Waals surface area contributed by atoms with E-state index in [2.05, 4.69) is 6.58 Å². The average molecular weight is 333 g/mol. The van der Waals surface area contributed by atoms with Gasteiger partial charge in [0.25, 0.3) is 0 Å². The number of amides is 1. The molecule has 1 aliphatic heterocycles. The molecule has 1 saturated heterocycles. The number of aliphatic imine (C=N–C) groups is 1. The molecule has 1 aliphatic rings. The molecule has 0 radical (unpaired) electrons. The summed E-state index contributed by atoms with van der Waals surface area (Å²) in [6.45, 7) is 4.21. The largest absolute Gasteiger partial charge is 0.287 e. The van der Waals surface area contributed by atoms with Crippen LogP contribution in [0, 0.1) is 0 Å². The third-order valence-electron chi connectivity index (χ3n) is 3.94. The molecule has 1 amide bonds. The van der Waals surface area contributed by atoms with Crippen molar-refractivity contribution in [3.63, 3.8) is 0 Å². The second-order valence-corrected chi connectivity index (χ2v) is 6.41. The second kappa shape index (κ2) is 6.09. The quantitative estimate of drug-likeness (QED) is 0.534. The Morgan fingerprint density at radius 1 is 1.12 bits per heavy atom. The van der Waals surface area contributed by atoms with Gasteiger partial charge in [-0.3, -0.25) is 9.69 Å². The van der Waals surface area contributed by atoms with Crippen LogP contribution in [0.25, 0.3) is 21.8 Å². The van der Waals surface area contributed by atoms with Gasteiger partial charge in [0.1, 0.15) is 0 Å². The average Bonchev–Trinajstić information content (AvgIpc) is 2.95. The summed E-state index contributed by atoms with van der Waals surface area (Å²) >= 11 is 1.47. The molecule has 0 spiro atoms. The predicted molar refractivity (Wildman–Crippen MR) is 101 cm³/mol. The van der Waals surface area contributed by atoms with Crippen molar-refractivity contribution < 1.29 is 4.79 Å². The summed E-state index contributed by atoms with van der Waals surface area (Å²) in [5.74, 6) is 0.495. The number of pyridine rings is 1. The van der Waals surface area contributed by atoms with Crippen LogP contribution < -0.4 is 0 Å². The summed E-state index contributed by atoms with van der Waals surface area (Å²) in [6, 6.07) is 15.9. The Bertz CT molecular complexity index is 942. The molecule has 2 aromatic carbocycles. The molecule has 2 heterocycles. The Balaban J connectivity index is 1.98. The van der Waals surface area contributed by atoms with Gasteiger partial charge in [-0.05, 0) is 12.1 Å². The number of hydrogen-bond acceptors (Lipinski definition) is 4. The maximum Gasteiger partial charge on any atom is 0.239 e. The number of rotatable bonds is 3. The predicted octanol–water partition coefficient (Wildman–Crippen LogP) is 4.14. The van der Waals surface area contributed by atoms with Crippen molar-refractivity contribution in [3.8, 4) is 0 Å². The number of carbonyl (C=O) groups is 1. The van der Waals surface area contributed by atoms with Gasteiger partial charge in [0.2, 0.25) is 5.91 Å². The van der Waals surface area contributed by atoms with Gasteiger partial charge in [-0.15, -0.1) is 6.58 Å². The molecule has 1 aromatic heterocycles. The van der Waals surface area contributed by atoms with Crippen LogP contribution in [-0.2, 0) is 4.79 Å². The Labute approximate surface area is 143 Å². The van der Waals surface area contributed by atoms with E-state index in [0.717, 1.165) is 32.7 Å². The van der Waals surface area contributed by atoms with Crippen molar-refractivity contribution in [1.82, 2.24) is 9.88 Å². The van der Waals surface area contributed by atoms with Crippen LogP contribution in [0.15, 0.2) is 66.2 Å². The number of nitrogens with zero attached hydrogens (tertiary/aromatic N) is 3. The Hall–Kier alpha value is -2.66. The van der Waals surface area contributed by atoms with E-state index >= 15 is 0 Å². The molecule has 0 aliphatic carbocycles. The van der Waals surface area contributed by atoms with E-state index in [1.54, 1.807) is 11.0 Å². The lowest BCUT2D eigenvalue weighted by molar-refractivity contribution is -0.123. The van der Waals surface area contributed by atoms with Crippen molar-refractivity contribution >= 4 is 50.3 Å². The molecule has 118 valence electrons. The van der Waals surface area contributed by atoms with Crippen molar-refractivity contribution in [2.75, 3.05) is 12.3 Å². The zero-order chi connectivity index (χ0) is 16.5. The number of fused-ring (bicyclic) bond motifs is 2. The standard InChI is InChI=1S/C19H15N3OS/c1-2-11-22-17(23)12-24-19(22)21-18-13-7-3-5-9-15(13)20-16-10-6-4-8-14(16)18/h2-10H,1,11-12H2. The molecule has 0 unspecified atom stereocenters. The zero-order valence-corrected chi connectivity index (χ0v) is 13.8. The monoisotopic (exact) mass is 333 g/mol. The summed E-state index contributed by atoms with van der Waals surface area (Å²) in [7, 11) is 0. The fourth-order valence-corrected chi connectivity index (χ4v) is 3.72. The lowest BCUT2D eigenvalue weighted by Crippen LogP contribution is -2.29. The molecular formula is C19H15N3OS. The number of aromatic nitrogens is 1. The minimum Gasteiger partial charge on any atom is -0.287 e. The molecule has 3 aromatic rings. The van der Waals surface area contributed by atoms with E-state index < -0.39 is 0 Å². The molecule has 4 rings (SSSR count). The third kappa shape index (κ3) is 2.47. The molecule has 0 bridgehead atoms. The Morgan fingerprint density at radius 3 is 2.38 bits per heavy atom. The lowest BCUT2D eigenvalue weighted by Gasteiger charge is -2.14. The molecular weight excluding hydrogens is 318 g/mol. The van der Waals surface area contributed by atoms with Crippen molar-refractivity contribution in [2.45, 2.75) is 0 Å². The normalized spacial score (nSPS) is 16.4.